The topological polar surface area (TPSA) is 9.23 Å². The zero-order chi connectivity index (χ0) is 7.56. The van der Waals surface area contributed by atoms with E-state index >= 15 is 0 Å². The molecule has 1 saturated heterocycles. The van der Waals surface area contributed by atoms with Gasteiger partial charge in [-0.25, -0.2) is 0 Å². The molecule has 1 aliphatic rings. The Labute approximate surface area is 64.6 Å². The third-order valence-electron chi connectivity index (χ3n) is 1.87. The Hall–Kier alpha value is 0.0249. The van der Waals surface area contributed by atoms with Crippen LogP contribution in [0.25, 0.3) is 0 Å². The van der Waals surface area contributed by atoms with E-state index in [2.05, 4.69) is 13.8 Å². The first-order chi connectivity index (χ1) is 4.68. The molecule has 0 aromatic carbocycles. The van der Waals surface area contributed by atoms with E-state index in [0.29, 0.717) is 6.10 Å². The molecule has 0 amide bonds. The Morgan fingerprint density at radius 3 is 2.60 bits per heavy atom. The maximum Gasteiger partial charge on any atom is 0.109 e. The first kappa shape index (κ1) is 8.12. The molecule has 56 valence electrons. The molecule has 1 fully saturated rings. The van der Waals surface area contributed by atoms with E-state index in [1.165, 1.54) is 0 Å². The number of ether oxygens (including phenoxy) is 1. The normalized spacial score (nSPS) is 33.5. The summed E-state index contributed by atoms with van der Waals surface area (Å²) in [5.41, 5.74) is 0. The fraction of sp³-hybridized carbons (Fsp3) is 1.00. The second kappa shape index (κ2) is 3.43. The minimum Gasteiger partial charge on any atom is -0.385 e. The van der Waals surface area contributed by atoms with Gasteiger partial charge in [0.25, 0.3) is 0 Å². The van der Waals surface area contributed by atoms with Crippen LogP contribution in [0.1, 0.15) is 33.1 Å². The summed E-state index contributed by atoms with van der Waals surface area (Å²) < 4.78 is 5.45. The molecule has 0 unspecified atom stereocenters. The molecule has 1 nitrogen and oxygen atoms in total. The molecule has 0 bridgehead atoms. The van der Waals surface area contributed by atoms with Gasteiger partial charge in [-0.3, -0.25) is 0 Å². The van der Waals surface area contributed by atoms with Crippen molar-refractivity contribution in [2.75, 3.05) is 0 Å². The molecule has 10 heavy (non-hydrogen) atoms. The second-order valence-electron chi connectivity index (χ2n) is 3.50. The van der Waals surface area contributed by atoms with Gasteiger partial charge in [-0.05, 0) is 25.2 Å². The van der Waals surface area contributed by atoms with E-state index in [1.54, 1.807) is 0 Å². The lowest BCUT2D eigenvalue weighted by molar-refractivity contribution is 0.0733. The Kier molecular flexibility index (Phi) is 2.78. The highest BCUT2D eigenvalue weighted by Gasteiger charge is 2.21. The zero-order valence-electron chi connectivity index (χ0n) is 6.84. The van der Waals surface area contributed by atoms with Crippen molar-refractivity contribution in [3.05, 3.63) is 0 Å². The lowest BCUT2D eigenvalue weighted by Gasteiger charge is -2.12. The van der Waals surface area contributed by atoms with Crippen molar-refractivity contribution >= 4 is 7.85 Å². The smallest absolute Gasteiger partial charge is 0.109 e. The summed E-state index contributed by atoms with van der Waals surface area (Å²) >= 11 is 0. The first-order valence-corrected chi connectivity index (χ1v) is 4.09. The highest BCUT2D eigenvalue weighted by Crippen LogP contribution is 2.22. The SMILES string of the molecule is [B][C@H]1CC[C@@H](CC(C)C)O1. The molecule has 2 atom stereocenters. The van der Waals surface area contributed by atoms with Crippen molar-refractivity contribution < 1.29 is 4.74 Å². The standard InChI is InChI=1S/C8H15BO/c1-6(2)5-7-3-4-8(9)10-7/h6-8H,3-5H2,1-2H3/t7-,8+/m0/s1. The average Bonchev–Trinajstić information content (AvgIpc) is 2.13. The van der Waals surface area contributed by atoms with E-state index < -0.39 is 0 Å². The number of hydrogen-bond acceptors (Lipinski definition) is 1. The molecule has 2 heteroatoms. The largest absolute Gasteiger partial charge is 0.385 e. The quantitative estimate of drug-likeness (QED) is 0.527. The minimum atomic E-state index is 0.0174. The maximum absolute atomic E-state index is 5.58. The van der Waals surface area contributed by atoms with Gasteiger partial charge in [0, 0.05) is 6.00 Å². The summed E-state index contributed by atoms with van der Waals surface area (Å²) in [6.45, 7) is 4.43. The molecule has 0 aromatic rings. The molecule has 1 aliphatic heterocycles. The van der Waals surface area contributed by atoms with Crippen LogP contribution in [0.15, 0.2) is 0 Å². The molecule has 1 rings (SSSR count). The van der Waals surface area contributed by atoms with Crippen LogP contribution in [0.5, 0.6) is 0 Å². The van der Waals surface area contributed by atoms with E-state index in [9.17, 15) is 0 Å². The van der Waals surface area contributed by atoms with Gasteiger partial charge in [0.1, 0.15) is 7.85 Å². The lowest BCUT2D eigenvalue weighted by Crippen LogP contribution is -2.12. The molecule has 0 aliphatic carbocycles. The summed E-state index contributed by atoms with van der Waals surface area (Å²) in [4.78, 5) is 0. The molecular formula is C8H15BO. The van der Waals surface area contributed by atoms with E-state index in [-0.39, 0.29) is 6.00 Å². The molecular weight excluding hydrogens is 123 g/mol. The average molecular weight is 138 g/mol. The Balaban J connectivity index is 2.18. The molecule has 2 radical (unpaired) electrons. The molecule has 0 N–H and O–H groups in total. The maximum atomic E-state index is 5.58. The second-order valence-corrected chi connectivity index (χ2v) is 3.50. The van der Waals surface area contributed by atoms with Crippen LogP contribution in [0.4, 0.5) is 0 Å². The van der Waals surface area contributed by atoms with Gasteiger partial charge in [-0.15, -0.1) is 0 Å². The van der Waals surface area contributed by atoms with Gasteiger partial charge in [0.2, 0.25) is 0 Å². The predicted octanol–water partition coefficient (Wildman–Crippen LogP) is 1.71. The molecule has 0 aromatic heterocycles. The molecule has 0 spiro atoms. The monoisotopic (exact) mass is 138 g/mol. The lowest BCUT2D eigenvalue weighted by atomic mass is 9.96. The van der Waals surface area contributed by atoms with Crippen molar-refractivity contribution in [2.45, 2.75) is 45.2 Å². The summed E-state index contributed by atoms with van der Waals surface area (Å²) in [6.07, 6.45) is 3.79. The van der Waals surface area contributed by atoms with E-state index in [4.69, 9.17) is 12.6 Å². The van der Waals surface area contributed by atoms with Crippen LogP contribution >= 0.6 is 0 Å². The Bertz CT molecular complexity index is 103. The first-order valence-electron chi connectivity index (χ1n) is 4.09. The van der Waals surface area contributed by atoms with Gasteiger partial charge >= 0.3 is 0 Å². The van der Waals surface area contributed by atoms with Crippen molar-refractivity contribution in [2.24, 2.45) is 5.92 Å². The third-order valence-corrected chi connectivity index (χ3v) is 1.87. The highest BCUT2D eigenvalue weighted by molar-refractivity contribution is 6.11. The van der Waals surface area contributed by atoms with Crippen molar-refractivity contribution in [1.29, 1.82) is 0 Å². The Morgan fingerprint density at radius 2 is 2.20 bits per heavy atom. The third kappa shape index (κ3) is 2.33. The van der Waals surface area contributed by atoms with Crippen LogP contribution in [-0.4, -0.2) is 20.0 Å². The zero-order valence-corrected chi connectivity index (χ0v) is 6.84. The fourth-order valence-electron chi connectivity index (χ4n) is 1.43. The summed E-state index contributed by atoms with van der Waals surface area (Å²) in [6, 6.07) is 0.0174. The summed E-state index contributed by atoms with van der Waals surface area (Å²) in [5.74, 6) is 0.732. The van der Waals surface area contributed by atoms with Crippen LogP contribution in [-0.2, 0) is 4.74 Å². The van der Waals surface area contributed by atoms with Gasteiger partial charge in [-0.2, -0.15) is 0 Å². The van der Waals surface area contributed by atoms with Gasteiger partial charge in [0.15, 0.2) is 0 Å². The van der Waals surface area contributed by atoms with Crippen LogP contribution in [0.2, 0.25) is 0 Å². The summed E-state index contributed by atoms with van der Waals surface area (Å²) in [7, 11) is 5.58. The molecule has 1 heterocycles. The van der Waals surface area contributed by atoms with Gasteiger partial charge in [-0.1, -0.05) is 13.8 Å². The fourth-order valence-corrected chi connectivity index (χ4v) is 1.43. The van der Waals surface area contributed by atoms with Crippen molar-refractivity contribution in [3.8, 4) is 0 Å². The van der Waals surface area contributed by atoms with Crippen molar-refractivity contribution in [1.82, 2.24) is 0 Å². The van der Waals surface area contributed by atoms with Gasteiger partial charge in [0.05, 0.1) is 6.10 Å². The predicted molar refractivity (Wildman–Crippen MR) is 43.1 cm³/mol. The van der Waals surface area contributed by atoms with E-state index in [1.807, 2.05) is 0 Å². The Morgan fingerprint density at radius 1 is 1.50 bits per heavy atom. The van der Waals surface area contributed by atoms with Crippen LogP contribution in [0, 0.1) is 5.92 Å². The highest BCUT2D eigenvalue weighted by atomic mass is 16.5. The van der Waals surface area contributed by atoms with Crippen LogP contribution < -0.4 is 0 Å². The van der Waals surface area contributed by atoms with Crippen molar-refractivity contribution in [3.63, 3.8) is 0 Å². The van der Waals surface area contributed by atoms with E-state index in [0.717, 1.165) is 25.2 Å². The van der Waals surface area contributed by atoms with Gasteiger partial charge < -0.3 is 4.74 Å². The van der Waals surface area contributed by atoms with Crippen LogP contribution in [0.3, 0.4) is 0 Å². The number of rotatable bonds is 2. The number of hydrogen-bond donors (Lipinski definition) is 0. The summed E-state index contributed by atoms with van der Waals surface area (Å²) in [5, 5.41) is 0. The molecule has 0 saturated carbocycles. The minimum absolute atomic E-state index is 0.0174.